The fourth-order valence-corrected chi connectivity index (χ4v) is 3.19. The number of hydrogen-bond donors (Lipinski definition) is 0. The van der Waals surface area contributed by atoms with Gasteiger partial charge in [-0.25, -0.2) is 14.5 Å². The maximum atomic E-state index is 12.4. The summed E-state index contributed by atoms with van der Waals surface area (Å²) in [6, 6.07) is 12.9. The van der Waals surface area contributed by atoms with E-state index in [0.29, 0.717) is 11.3 Å². The number of nitrogens with zero attached hydrogens (tertiary/aromatic N) is 4. The number of esters is 1. The predicted molar refractivity (Wildman–Crippen MR) is 113 cm³/mol. The normalized spacial score (nSPS) is 14.5. The first kappa shape index (κ1) is 20.2. The maximum Gasteiger partial charge on any atom is 0.363 e. The monoisotopic (exact) mass is 436 g/mol. The Kier molecular flexibility index (Phi) is 5.18. The van der Waals surface area contributed by atoms with Crippen LogP contribution in [-0.2, 0) is 9.53 Å². The third-order valence-electron chi connectivity index (χ3n) is 4.42. The molecule has 0 spiro atoms. The fourth-order valence-electron chi connectivity index (χ4n) is 2.94. The number of carbonyl (C=O) groups excluding carboxylic acids is 2. The summed E-state index contributed by atoms with van der Waals surface area (Å²) in [6.07, 6.45) is 2.96. The molecule has 0 saturated carbocycles. The van der Waals surface area contributed by atoms with Crippen LogP contribution in [0.5, 0.6) is 0 Å². The number of hydrogen-bond acceptors (Lipinski definition) is 7. The van der Waals surface area contributed by atoms with E-state index in [1.54, 1.807) is 0 Å². The number of halogens is 1. The van der Waals surface area contributed by atoms with Crippen molar-refractivity contribution in [3.63, 3.8) is 0 Å². The average molecular weight is 437 g/mol. The second kappa shape index (κ2) is 7.96. The summed E-state index contributed by atoms with van der Waals surface area (Å²) in [7, 11) is 0. The lowest BCUT2D eigenvalue weighted by atomic mass is 10.1. The molecule has 2 heterocycles. The lowest BCUT2D eigenvalue weighted by Gasteiger charge is -2.02. The smallest absolute Gasteiger partial charge is 0.363 e. The van der Waals surface area contributed by atoms with Crippen LogP contribution in [-0.4, -0.2) is 32.5 Å². The molecule has 3 aromatic rings. The van der Waals surface area contributed by atoms with E-state index in [9.17, 15) is 19.7 Å². The van der Waals surface area contributed by atoms with Gasteiger partial charge in [0.25, 0.3) is 5.69 Å². The summed E-state index contributed by atoms with van der Waals surface area (Å²) in [4.78, 5) is 38.7. The molecule has 0 aliphatic carbocycles. The molecule has 9 nitrogen and oxygen atoms in total. The van der Waals surface area contributed by atoms with E-state index in [1.807, 2.05) is 30.3 Å². The van der Waals surface area contributed by atoms with Crippen LogP contribution >= 0.6 is 11.6 Å². The van der Waals surface area contributed by atoms with Gasteiger partial charge in [-0.15, -0.1) is 0 Å². The highest BCUT2D eigenvalue weighted by Gasteiger charge is 2.27. The molecule has 1 aliphatic heterocycles. The third-order valence-corrected chi connectivity index (χ3v) is 4.73. The quantitative estimate of drug-likeness (QED) is 0.263. The molecule has 0 saturated heterocycles. The minimum atomic E-state index is -0.723. The number of aromatic nitrogens is 2. The number of aliphatic imine (C=N–C) groups is 1. The minimum absolute atomic E-state index is 0.0234. The molecular weight excluding hydrogens is 424 g/mol. The molecule has 0 fully saturated rings. The Bertz CT molecular complexity index is 1290. The summed E-state index contributed by atoms with van der Waals surface area (Å²) in [5.41, 5.74) is 1.76. The summed E-state index contributed by atoms with van der Waals surface area (Å²) in [5.74, 6) is -1.09. The van der Waals surface area contributed by atoms with Crippen LogP contribution in [0, 0.1) is 10.1 Å². The Hall–Kier alpha value is -4.11. The zero-order valence-corrected chi connectivity index (χ0v) is 16.7. The van der Waals surface area contributed by atoms with E-state index < -0.39 is 10.9 Å². The van der Waals surface area contributed by atoms with E-state index in [2.05, 4.69) is 10.1 Å². The Balaban J connectivity index is 1.76. The van der Waals surface area contributed by atoms with Gasteiger partial charge in [0.1, 0.15) is 5.69 Å². The number of non-ortho nitro benzene ring substituents is 1. The molecule has 0 radical (unpaired) electrons. The van der Waals surface area contributed by atoms with Gasteiger partial charge in [-0.1, -0.05) is 41.9 Å². The number of ether oxygens (including phenoxy) is 1. The van der Waals surface area contributed by atoms with E-state index in [0.717, 1.165) is 11.6 Å². The van der Waals surface area contributed by atoms with E-state index in [1.165, 1.54) is 36.0 Å². The van der Waals surface area contributed by atoms with Crippen LogP contribution in [0.15, 0.2) is 65.4 Å². The molecule has 0 unspecified atom stereocenters. The zero-order chi connectivity index (χ0) is 22.1. The number of rotatable bonds is 4. The van der Waals surface area contributed by atoms with Crippen LogP contribution in [0.1, 0.15) is 22.8 Å². The summed E-state index contributed by atoms with van der Waals surface area (Å²) in [5, 5.41) is 15.2. The lowest BCUT2D eigenvalue weighted by Crippen LogP contribution is -2.06. The molecule has 0 N–H and O–H groups in total. The topological polar surface area (TPSA) is 117 Å². The van der Waals surface area contributed by atoms with Gasteiger partial charge >= 0.3 is 5.97 Å². The third kappa shape index (κ3) is 3.99. The Morgan fingerprint density at radius 1 is 1.23 bits per heavy atom. The Morgan fingerprint density at radius 2 is 1.97 bits per heavy atom. The van der Waals surface area contributed by atoms with Crippen molar-refractivity contribution in [3.8, 4) is 11.3 Å². The van der Waals surface area contributed by atoms with Crippen molar-refractivity contribution in [1.82, 2.24) is 9.78 Å². The molecule has 0 amide bonds. The van der Waals surface area contributed by atoms with Crippen LogP contribution < -0.4 is 0 Å². The molecule has 10 heteroatoms. The van der Waals surface area contributed by atoms with Crippen molar-refractivity contribution < 1.29 is 19.2 Å². The van der Waals surface area contributed by atoms with Crippen LogP contribution in [0.25, 0.3) is 17.3 Å². The molecule has 1 aliphatic rings. The second-order valence-electron chi connectivity index (χ2n) is 6.52. The first-order valence-corrected chi connectivity index (χ1v) is 9.34. The maximum absolute atomic E-state index is 12.4. The van der Waals surface area contributed by atoms with Crippen LogP contribution in [0.2, 0.25) is 5.02 Å². The van der Waals surface area contributed by atoms with E-state index in [4.69, 9.17) is 16.3 Å². The summed E-state index contributed by atoms with van der Waals surface area (Å²) in [6.45, 7) is 1.37. The van der Waals surface area contributed by atoms with Crippen molar-refractivity contribution in [2.24, 2.45) is 4.99 Å². The van der Waals surface area contributed by atoms with E-state index >= 15 is 0 Å². The Labute approximate surface area is 180 Å². The van der Waals surface area contributed by atoms with Crippen molar-refractivity contribution >= 4 is 41.1 Å². The van der Waals surface area contributed by atoms with Crippen LogP contribution in [0.3, 0.4) is 0 Å². The predicted octanol–water partition coefficient (Wildman–Crippen LogP) is 4.12. The van der Waals surface area contributed by atoms with Gasteiger partial charge in [0.05, 0.1) is 15.5 Å². The highest BCUT2D eigenvalue weighted by molar-refractivity contribution is 6.34. The van der Waals surface area contributed by atoms with Gasteiger partial charge in [0, 0.05) is 36.4 Å². The lowest BCUT2D eigenvalue weighted by molar-refractivity contribution is -0.384. The summed E-state index contributed by atoms with van der Waals surface area (Å²) >= 11 is 6.11. The fraction of sp³-hybridized carbons (Fsp3) is 0.0476. The zero-order valence-electron chi connectivity index (χ0n) is 16.0. The number of benzene rings is 2. The van der Waals surface area contributed by atoms with Crippen LogP contribution in [0.4, 0.5) is 5.69 Å². The first-order chi connectivity index (χ1) is 14.8. The van der Waals surface area contributed by atoms with Gasteiger partial charge in [-0.2, -0.15) is 5.10 Å². The number of carbonyl (C=O) groups is 2. The van der Waals surface area contributed by atoms with Gasteiger partial charge in [-0.05, 0) is 12.1 Å². The molecule has 1 aromatic heterocycles. The summed E-state index contributed by atoms with van der Waals surface area (Å²) < 4.78 is 6.38. The highest BCUT2D eigenvalue weighted by Crippen LogP contribution is 2.29. The largest absolute Gasteiger partial charge is 0.402 e. The van der Waals surface area contributed by atoms with Crippen molar-refractivity contribution in [2.45, 2.75) is 6.92 Å². The molecule has 2 aromatic carbocycles. The minimum Gasteiger partial charge on any atom is -0.402 e. The van der Waals surface area contributed by atoms with Crippen molar-refractivity contribution in [3.05, 3.63) is 86.7 Å². The molecule has 154 valence electrons. The standard InChI is InChI=1S/C21H13ClN4O5/c1-12(27)25-11-14(19(24-25)13-5-3-2-4-6-13)9-18-21(28)31-20(23-18)16-8-7-15(26(29)30)10-17(16)22/h2-11H,1H3. The molecule has 0 atom stereocenters. The van der Waals surface area contributed by atoms with E-state index in [-0.39, 0.29) is 33.8 Å². The number of nitro benzene ring substituents is 1. The van der Waals surface area contributed by atoms with Crippen molar-refractivity contribution in [1.29, 1.82) is 0 Å². The van der Waals surface area contributed by atoms with Crippen molar-refractivity contribution in [2.75, 3.05) is 0 Å². The van der Waals surface area contributed by atoms with Gasteiger partial charge in [-0.3, -0.25) is 14.9 Å². The Morgan fingerprint density at radius 3 is 2.61 bits per heavy atom. The number of cyclic esters (lactones) is 1. The highest BCUT2D eigenvalue weighted by atomic mass is 35.5. The molecular formula is C21H13ClN4O5. The average Bonchev–Trinajstić information content (AvgIpc) is 3.33. The van der Waals surface area contributed by atoms with Gasteiger partial charge in [0.2, 0.25) is 11.8 Å². The molecule has 0 bridgehead atoms. The SMILES string of the molecule is CC(=O)n1cc(C=C2N=C(c3ccc([N+](=O)[O-])cc3Cl)OC2=O)c(-c2ccccc2)n1. The second-order valence-corrected chi connectivity index (χ2v) is 6.93. The molecule has 4 rings (SSSR count). The molecule has 31 heavy (non-hydrogen) atoms. The number of nitro groups is 1. The van der Waals surface area contributed by atoms with Gasteiger partial charge < -0.3 is 4.74 Å². The van der Waals surface area contributed by atoms with Gasteiger partial charge in [0.15, 0.2) is 5.70 Å². The first-order valence-electron chi connectivity index (χ1n) is 8.96.